The van der Waals surface area contributed by atoms with Crippen molar-refractivity contribution in [1.29, 1.82) is 0 Å². The van der Waals surface area contributed by atoms with Crippen molar-refractivity contribution in [2.45, 2.75) is 6.42 Å². The van der Waals surface area contributed by atoms with Gasteiger partial charge in [0.15, 0.2) is 0 Å². The first-order valence-corrected chi connectivity index (χ1v) is 6.89. The van der Waals surface area contributed by atoms with Crippen molar-refractivity contribution in [3.8, 4) is 5.75 Å². The number of hydrogen-bond donors (Lipinski definition) is 1. The number of benzene rings is 2. The van der Waals surface area contributed by atoms with Crippen LogP contribution in [0.25, 0.3) is 0 Å². The van der Waals surface area contributed by atoms with Gasteiger partial charge in [0.25, 0.3) is 0 Å². The van der Waals surface area contributed by atoms with Gasteiger partial charge in [0.2, 0.25) is 5.91 Å². The van der Waals surface area contributed by atoms with E-state index in [-0.39, 0.29) is 5.91 Å². The highest BCUT2D eigenvalue weighted by Gasteiger charge is 2.06. The number of carbonyl (C=O) groups excluding carboxylic acids is 1. The summed E-state index contributed by atoms with van der Waals surface area (Å²) in [5.41, 5.74) is 1.89. The first-order chi connectivity index (χ1) is 10.2. The number of hydrogen-bond acceptors (Lipinski definition) is 3. The molecule has 0 aromatic heterocycles. The molecule has 0 aliphatic rings. The van der Waals surface area contributed by atoms with Crippen molar-refractivity contribution in [2.75, 3.05) is 30.9 Å². The Hall–Kier alpha value is -2.49. The van der Waals surface area contributed by atoms with Crippen molar-refractivity contribution < 1.29 is 9.53 Å². The van der Waals surface area contributed by atoms with Crippen molar-refractivity contribution in [3.63, 3.8) is 0 Å². The van der Waals surface area contributed by atoms with Gasteiger partial charge in [0, 0.05) is 31.4 Å². The van der Waals surface area contributed by atoms with Gasteiger partial charge >= 0.3 is 0 Å². The number of ether oxygens (including phenoxy) is 1. The van der Waals surface area contributed by atoms with Crippen LogP contribution < -0.4 is 15.0 Å². The quantitative estimate of drug-likeness (QED) is 0.886. The van der Waals surface area contributed by atoms with E-state index in [4.69, 9.17) is 4.74 Å². The predicted molar refractivity (Wildman–Crippen MR) is 86.0 cm³/mol. The fourth-order valence-electron chi connectivity index (χ4n) is 1.98. The Balaban J connectivity index is 1.81. The average Bonchev–Trinajstić information content (AvgIpc) is 2.54. The monoisotopic (exact) mass is 284 g/mol. The Morgan fingerprint density at radius 2 is 1.76 bits per heavy atom. The lowest BCUT2D eigenvalue weighted by molar-refractivity contribution is -0.116. The van der Waals surface area contributed by atoms with E-state index in [0.717, 1.165) is 17.1 Å². The summed E-state index contributed by atoms with van der Waals surface area (Å²) in [4.78, 5) is 14.0. The summed E-state index contributed by atoms with van der Waals surface area (Å²) >= 11 is 0. The molecule has 0 aliphatic carbocycles. The lowest BCUT2D eigenvalue weighted by atomic mass is 10.2. The van der Waals surface area contributed by atoms with Gasteiger partial charge in [-0.15, -0.1) is 0 Å². The van der Waals surface area contributed by atoms with Crippen molar-refractivity contribution in [2.24, 2.45) is 0 Å². The number of carbonyl (C=O) groups is 1. The van der Waals surface area contributed by atoms with Gasteiger partial charge in [-0.25, -0.2) is 0 Å². The maximum Gasteiger partial charge on any atom is 0.226 e. The van der Waals surface area contributed by atoms with Crippen LogP contribution >= 0.6 is 0 Å². The molecule has 0 aliphatic heterocycles. The van der Waals surface area contributed by atoms with Crippen LogP contribution in [0.3, 0.4) is 0 Å². The molecule has 0 radical (unpaired) electrons. The fourth-order valence-corrected chi connectivity index (χ4v) is 1.98. The summed E-state index contributed by atoms with van der Waals surface area (Å²) in [6, 6.07) is 17.3. The van der Waals surface area contributed by atoms with E-state index >= 15 is 0 Å². The number of amides is 1. The van der Waals surface area contributed by atoms with E-state index in [9.17, 15) is 4.79 Å². The first kappa shape index (κ1) is 14.9. The van der Waals surface area contributed by atoms with Gasteiger partial charge in [0.05, 0.1) is 7.11 Å². The van der Waals surface area contributed by atoms with Gasteiger partial charge in [-0.3, -0.25) is 4.79 Å². The lowest BCUT2D eigenvalue weighted by Gasteiger charge is -2.18. The molecule has 4 nitrogen and oxygen atoms in total. The van der Waals surface area contributed by atoms with Crippen LogP contribution in [-0.2, 0) is 4.79 Å². The SMILES string of the molecule is COc1ccc(NC(=O)CCN(C)c2ccccc2)cc1. The van der Waals surface area contributed by atoms with E-state index in [1.54, 1.807) is 7.11 Å². The highest BCUT2D eigenvalue weighted by atomic mass is 16.5. The predicted octanol–water partition coefficient (Wildman–Crippen LogP) is 3.16. The van der Waals surface area contributed by atoms with Crippen LogP contribution in [0.2, 0.25) is 0 Å². The van der Waals surface area contributed by atoms with Crippen molar-refractivity contribution in [1.82, 2.24) is 0 Å². The molecular weight excluding hydrogens is 264 g/mol. The van der Waals surface area contributed by atoms with E-state index < -0.39 is 0 Å². The number of nitrogens with one attached hydrogen (secondary N) is 1. The molecule has 0 heterocycles. The third kappa shape index (κ3) is 4.53. The Morgan fingerprint density at radius 3 is 2.38 bits per heavy atom. The lowest BCUT2D eigenvalue weighted by Crippen LogP contribution is -2.23. The summed E-state index contributed by atoms with van der Waals surface area (Å²) < 4.78 is 5.08. The summed E-state index contributed by atoms with van der Waals surface area (Å²) in [6.45, 7) is 0.673. The van der Waals surface area contributed by atoms with Crippen LogP contribution in [0.15, 0.2) is 54.6 Å². The molecule has 0 saturated heterocycles. The summed E-state index contributed by atoms with van der Waals surface area (Å²) in [7, 11) is 3.60. The summed E-state index contributed by atoms with van der Waals surface area (Å²) in [6.07, 6.45) is 0.442. The van der Waals surface area contributed by atoms with E-state index in [2.05, 4.69) is 10.2 Å². The van der Waals surface area contributed by atoms with Crippen molar-refractivity contribution in [3.05, 3.63) is 54.6 Å². The average molecular weight is 284 g/mol. The van der Waals surface area contributed by atoms with Crippen LogP contribution in [-0.4, -0.2) is 26.6 Å². The van der Waals surface area contributed by atoms with E-state index in [1.807, 2.05) is 61.6 Å². The largest absolute Gasteiger partial charge is 0.497 e. The molecule has 0 unspecified atom stereocenters. The van der Waals surface area contributed by atoms with Gasteiger partial charge in [-0.05, 0) is 36.4 Å². The number of nitrogens with zero attached hydrogens (tertiary/aromatic N) is 1. The minimum Gasteiger partial charge on any atom is -0.497 e. The molecule has 2 aromatic carbocycles. The number of rotatable bonds is 6. The maximum absolute atomic E-state index is 11.9. The molecule has 0 bridgehead atoms. The number of anilines is 2. The third-order valence-electron chi connectivity index (χ3n) is 3.25. The molecule has 110 valence electrons. The second-order valence-electron chi connectivity index (χ2n) is 4.78. The highest BCUT2D eigenvalue weighted by molar-refractivity contribution is 5.91. The minimum atomic E-state index is 0.00273. The summed E-state index contributed by atoms with van der Waals surface area (Å²) in [5.74, 6) is 0.778. The Labute approximate surface area is 125 Å². The Morgan fingerprint density at radius 1 is 1.10 bits per heavy atom. The van der Waals surface area contributed by atoms with Crippen LogP contribution in [0.5, 0.6) is 5.75 Å². The Bertz CT molecular complexity index is 567. The van der Waals surface area contributed by atoms with Crippen LogP contribution in [0.1, 0.15) is 6.42 Å². The molecule has 2 rings (SSSR count). The summed E-state index contributed by atoms with van der Waals surface area (Å²) in [5, 5.41) is 2.88. The second kappa shape index (κ2) is 7.33. The minimum absolute atomic E-state index is 0.00273. The van der Waals surface area contributed by atoms with Gasteiger partial charge in [-0.2, -0.15) is 0 Å². The second-order valence-corrected chi connectivity index (χ2v) is 4.78. The zero-order valence-electron chi connectivity index (χ0n) is 12.4. The number of para-hydroxylation sites is 1. The van der Waals surface area contributed by atoms with E-state index in [1.165, 1.54) is 0 Å². The molecule has 0 saturated carbocycles. The fraction of sp³-hybridized carbons (Fsp3) is 0.235. The first-order valence-electron chi connectivity index (χ1n) is 6.89. The van der Waals surface area contributed by atoms with Gasteiger partial charge in [-0.1, -0.05) is 18.2 Å². The molecule has 21 heavy (non-hydrogen) atoms. The van der Waals surface area contributed by atoms with Gasteiger partial charge < -0.3 is 15.0 Å². The zero-order valence-corrected chi connectivity index (χ0v) is 12.4. The Kier molecular flexibility index (Phi) is 5.21. The highest BCUT2D eigenvalue weighted by Crippen LogP contribution is 2.15. The number of methoxy groups -OCH3 is 1. The van der Waals surface area contributed by atoms with Crippen LogP contribution in [0.4, 0.5) is 11.4 Å². The smallest absolute Gasteiger partial charge is 0.226 e. The molecular formula is C17H20N2O2. The van der Waals surface area contributed by atoms with Crippen molar-refractivity contribution >= 4 is 17.3 Å². The molecule has 4 heteroatoms. The topological polar surface area (TPSA) is 41.6 Å². The normalized spacial score (nSPS) is 10.0. The molecule has 2 aromatic rings. The molecule has 1 amide bonds. The van der Waals surface area contributed by atoms with Gasteiger partial charge in [0.1, 0.15) is 5.75 Å². The maximum atomic E-state index is 11.9. The van der Waals surface area contributed by atoms with E-state index in [0.29, 0.717) is 13.0 Å². The van der Waals surface area contributed by atoms with Crippen LogP contribution in [0, 0.1) is 0 Å². The third-order valence-corrected chi connectivity index (χ3v) is 3.25. The molecule has 0 fully saturated rings. The molecule has 0 atom stereocenters. The molecule has 0 spiro atoms. The molecule has 1 N–H and O–H groups in total. The standard InChI is InChI=1S/C17H20N2O2/c1-19(15-6-4-3-5-7-15)13-12-17(20)18-14-8-10-16(21-2)11-9-14/h3-11H,12-13H2,1-2H3,(H,18,20). The zero-order chi connectivity index (χ0) is 15.1.